The molecule has 0 radical (unpaired) electrons. The maximum Gasteiger partial charge on any atom is 0.269 e. The van der Waals surface area contributed by atoms with Crippen LogP contribution in [0, 0.1) is 10.1 Å². The monoisotopic (exact) mass is 428 g/mol. The van der Waals surface area contributed by atoms with Gasteiger partial charge in [0, 0.05) is 73.5 Å². The fourth-order valence-corrected chi connectivity index (χ4v) is 4.02. The molecule has 1 atom stereocenters. The Morgan fingerprint density at radius 1 is 1.09 bits per heavy atom. The van der Waals surface area contributed by atoms with E-state index in [1.807, 2.05) is 60.3 Å². The highest BCUT2D eigenvalue weighted by Crippen LogP contribution is 2.35. The minimum Gasteiger partial charge on any atom is -0.356 e. The van der Waals surface area contributed by atoms with Crippen LogP contribution in [0.5, 0.6) is 0 Å². The van der Waals surface area contributed by atoms with Crippen molar-refractivity contribution in [2.75, 3.05) is 6.54 Å². The Bertz CT molecular complexity index is 1230. The zero-order valence-corrected chi connectivity index (χ0v) is 17.8. The van der Waals surface area contributed by atoms with Crippen molar-refractivity contribution in [2.24, 2.45) is 7.05 Å². The molecule has 7 nitrogen and oxygen atoms in total. The van der Waals surface area contributed by atoms with E-state index in [4.69, 9.17) is 0 Å². The first-order chi connectivity index (χ1) is 15.5. The average Bonchev–Trinajstić information content (AvgIpc) is 3.15. The minimum absolute atomic E-state index is 0.0326. The highest BCUT2D eigenvalue weighted by Gasteiger charge is 2.23. The first-order valence-corrected chi connectivity index (χ1v) is 10.5. The van der Waals surface area contributed by atoms with Crippen LogP contribution < -0.4 is 5.32 Å². The second kappa shape index (κ2) is 9.43. The van der Waals surface area contributed by atoms with Crippen LogP contribution in [0.25, 0.3) is 10.9 Å². The number of pyridine rings is 1. The molecule has 2 aromatic carbocycles. The number of carbonyl (C=O) groups excluding carboxylic acids is 1. The molecule has 1 amide bonds. The van der Waals surface area contributed by atoms with Crippen molar-refractivity contribution in [3.05, 3.63) is 106 Å². The molecule has 0 saturated heterocycles. The van der Waals surface area contributed by atoms with Crippen molar-refractivity contribution in [2.45, 2.75) is 18.8 Å². The molecule has 2 aromatic heterocycles. The van der Waals surface area contributed by atoms with Crippen molar-refractivity contribution in [3.8, 4) is 0 Å². The number of non-ortho nitro benzene ring substituents is 1. The maximum atomic E-state index is 12.9. The van der Waals surface area contributed by atoms with Gasteiger partial charge in [0.2, 0.25) is 5.91 Å². The lowest BCUT2D eigenvalue weighted by Gasteiger charge is -2.17. The Labute approximate surface area is 185 Å². The normalized spacial score (nSPS) is 11.9. The third-order valence-corrected chi connectivity index (χ3v) is 5.63. The lowest BCUT2D eigenvalue weighted by Crippen LogP contribution is -2.27. The summed E-state index contributed by atoms with van der Waals surface area (Å²) in [5, 5.41) is 15.1. The van der Waals surface area contributed by atoms with Crippen molar-refractivity contribution in [1.29, 1.82) is 0 Å². The van der Waals surface area contributed by atoms with Crippen LogP contribution in [-0.4, -0.2) is 26.9 Å². The van der Waals surface area contributed by atoms with Crippen molar-refractivity contribution < 1.29 is 9.72 Å². The number of nitrogens with one attached hydrogen (secondary N) is 1. The molecule has 0 unspecified atom stereocenters. The van der Waals surface area contributed by atoms with Crippen LogP contribution in [0.4, 0.5) is 5.69 Å². The van der Waals surface area contributed by atoms with E-state index in [2.05, 4.69) is 10.3 Å². The van der Waals surface area contributed by atoms with Gasteiger partial charge in [0.15, 0.2) is 0 Å². The summed E-state index contributed by atoms with van der Waals surface area (Å²) in [4.78, 5) is 27.8. The topological polar surface area (TPSA) is 90.1 Å². The highest BCUT2D eigenvalue weighted by atomic mass is 16.6. The van der Waals surface area contributed by atoms with E-state index in [0.717, 1.165) is 27.7 Å². The van der Waals surface area contributed by atoms with Gasteiger partial charge < -0.3 is 9.88 Å². The standard InChI is InChI=1S/C25H24N4O3/c1-28-17-23(21-7-2-3-8-24(21)28)22(18-9-11-20(12-10-18)29(31)32)16-25(30)27-15-13-19-6-4-5-14-26-19/h2-12,14,17,22H,13,15-16H2,1H3,(H,27,30)/t22-/m0/s1. The Balaban J connectivity index is 1.58. The number of hydrogen-bond donors (Lipinski definition) is 1. The van der Waals surface area contributed by atoms with Crippen LogP contribution in [0.15, 0.2) is 79.1 Å². The number of aryl methyl sites for hydroxylation is 1. The lowest BCUT2D eigenvalue weighted by molar-refractivity contribution is -0.384. The molecular formula is C25H24N4O3. The number of rotatable bonds is 8. The highest BCUT2D eigenvalue weighted by molar-refractivity contribution is 5.86. The number of benzene rings is 2. The molecule has 7 heteroatoms. The summed E-state index contributed by atoms with van der Waals surface area (Å²) in [6.07, 6.45) is 4.68. The van der Waals surface area contributed by atoms with Crippen LogP contribution in [0.1, 0.15) is 29.2 Å². The summed E-state index contributed by atoms with van der Waals surface area (Å²) in [6, 6.07) is 20.2. The predicted octanol–water partition coefficient (Wildman–Crippen LogP) is 4.36. The first kappa shape index (κ1) is 21.2. The van der Waals surface area contributed by atoms with E-state index in [0.29, 0.717) is 13.0 Å². The van der Waals surface area contributed by atoms with Gasteiger partial charge >= 0.3 is 0 Å². The van der Waals surface area contributed by atoms with Crippen LogP contribution in [0.2, 0.25) is 0 Å². The molecule has 0 saturated carbocycles. The van der Waals surface area contributed by atoms with Gasteiger partial charge in [-0.05, 0) is 29.3 Å². The van der Waals surface area contributed by atoms with Crippen molar-refractivity contribution >= 4 is 22.5 Å². The quantitative estimate of drug-likeness (QED) is 0.333. The van der Waals surface area contributed by atoms with Crippen LogP contribution in [-0.2, 0) is 18.3 Å². The molecule has 0 aliphatic rings. The molecule has 0 spiro atoms. The number of hydrogen-bond acceptors (Lipinski definition) is 4. The van der Waals surface area contributed by atoms with E-state index in [1.54, 1.807) is 18.3 Å². The number of nitro benzene ring substituents is 1. The van der Waals surface area contributed by atoms with Crippen molar-refractivity contribution in [1.82, 2.24) is 14.9 Å². The Hall–Kier alpha value is -4.00. The fourth-order valence-electron chi connectivity index (χ4n) is 4.02. The lowest BCUT2D eigenvalue weighted by atomic mass is 9.88. The molecule has 162 valence electrons. The third-order valence-electron chi connectivity index (χ3n) is 5.63. The third kappa shape index (κ3) is 4.67. The van der Waals surface area contributed by atoms with Gasteiger partial charge in [-0.1, -0.05) is 36.4 Å². The fraction of sp³-hybridized carbons (Fsp3) is 0.200. The van der Waals surface area contributed by atoms with Crippen molar-refractivity contribution in [3.63, 3.8) is 0 Å². The van der Waals surface area contributed by atoms with E-state index < -0.39 is 4.92 Å². The molecule has 32 heavy (non-hydrogen) atoms. The SMILES string of the molecule is Cn1cc([C@@H](CC(=O)NCCc2ccccn2)c2ccc([N+](=O)[O-])cc2)c2ccccc21. The molecule has 2 heterocycles. The predicted molar refractivity (Wildman–Crippen MR) is 123 cm³/mol. The zero-order chi connectivity index (χ0) is 22.5. The zero-order valence-electron chi connectivity index (χ0n) is 17.8. The molecule has 0 aliphatic heterocycles. The second-order valence-electron chi connectivity index (χ2n) is 7.74. The van der Waals surface area contributed by atoms with Gasteiger partial charge in [0.05, 0.1) is 4.92 Å². The molecular weight excluding hydrogens is 404 g/mol. The minimum atomic E-state index is -0.416. The van der Waals surface area contributed by atoms with Crippen LogP contribution >= 0.6 is 0 Å². The first-order valence-electron chi connectivity index (χ1n) is 10.5. The maximum absolute atomic E-state index is 12.9. The molecule has 4 aromatic rings. The second-order valence-corrected chi connectivity index (χ2v) is 7.74. The van der Waals surface area contributed by atoms with Gasteiger partial charge in [-0.3, -0.25) is 19.9 Å². The Kier molecular flexibility index (Phi) is 6.26. The number of amides is 1. The Morgan fingerprint density at radius 3 is 2.56 bits per heavy atom. The van der Waals surface area contributed by atoms with Gasteiger partial charge in [-0.15, -0.1) is 0 Å². The summed E-state index contributed by atoms with van der Waals surface area (Å²) < 4.78 is 2.04. The molecule has 0 bridgehead atoms. The number of fused-ring (bicyclic) bond motifs is 1. The summed E-state index contributed by atoms with van der Waals surface area (Å²) in [5.74, 6) is -0.297. The largest absolute Gasteiger partial charge is 0.356 e. The van der Waals surface area contributed by atoms with E-state index in [-0.39, 0.29) is 23.9 Å². The van der Waals surface area contributed by atoms with E-state index >= 15 is 0 Å². The van der Waals surface area contributed by atoms with Crippen LogP contribution in [0.3, 0.4) is 0 Å². The summed E-state index contributed by atoms with van der Waals surface area (Å²) in [7, 11) is 1.98. The Morgan fingerprint density at radius 2 is 1.84 bits per heavy atom. The summed E-state index contributed by atoms with van der Waals surface area (Å²) in [6.45, 7) is 0.498. The number of nitrogens with zero attached hydrogens (tertiary/aromatic N) is 3. The van der Waals surface area contributed by atoms with Gasteiger partial charge in [0.25, 0.3) is 5.69 Å². The van der Waals surface area contributed by atoms with Gasteiger partial charge in [0.1, 0.15) is 0 Å². The molecule has 0 fully saturated rings. The smallest absolute Gasteiger partial charge is 0.269 e. The van der Waals surface area contributed by atoms with Gasteiger partial charge in [-0.25, -0.2) is 0 Å². The number of carbonyl (C=O) groups is 1. The number of aromatic nitrogens is 2. The molecule has 1 N–H and O–H groups in total. The molecule has 0 aliphatic carbocycles. The number of para-hydroxylation sites is 1. The van der Waals surface area contributed by atoms with Gasteiger partial charge in [-0.2, -0.15) is 0 Å². The van der Waals surface area contributed by atoms with E-state index in [9.17, 15) is 14.9 Å². The van der Waals surface area contributed by atoms with E-state index in [1.165, 1.54) is 12.1 Å². The number of nitro groups is 1. The summed E-state index contributed by atoms with van der Waals surface area (Å²) in [5.41, 5.74) is 3.92. The summed E-state index contributed by atoms with van der Waals surface area (Å²) >= 11 is 0. The molecule has 4 rings (SSSR count). The average molecular weight is 428 g/mol.